The van der Waals surface area contributed by atoms with Gasteiger partial charge >= 0.3 is 0 Å². The van der Waals surface area contributed by atoms with Crippen molar-refractivity contribution in [2.24, 2.45) is 0 Å². The van der Waals surface area contributed by atoms with Gasteiger partial charge in [-0.05, 0) is 49.2 Å². The monoisotopic (exact) mass is 303 g/mol. The third-order valence-corrected chi connectivity index (χ3v) is 3.37. The molecule has 0 heterocycles. The zero-order valence-corrected chi connectivity index (χ0v) is 12.9. The van der Waals surface area contributed by atoms with Crippen LogP contribution in [-0.4, -0.2) is 12.0 Å². The number of hydrogen-bond donors (Lipinski definition) is 1. The smallest absolute Gasteiger partial charge is 0.265 e. The molecule has 0 fully saturated rings. The Bertz CT molecular complexity index is 613. The van der Waals surface area contributed by atoms with E-state index in [-0.39, 0.29) is 5.91 Å². The van der Waals surface area contributed by atoms with Crippen LogP contribution in [0.25, 0.3) is 0 Å². The third kappa shape index (κ3) is 4.23. The highest BCUT2D eigenvalue weighted by Crippen LogP contribution is 2.20. The van der Waals surface area contributed by atoms with Gasteiger partial charge in [-0.15, -0.1) is 0 Å². The lowest BCUT2D eigenvalue weighted by molar-refractivity contribution is -0.122. The van der Waals surface area contributed by atoms with Crippen LogP contribution in [0.5, 0.6) is 5.75 Å². The lowest BCUT2D eigenvalue weighted by atomic mass is 10.2. The summed E-state index contributed by atoms with van der Waals surface area (Å²) in [6.45, 7) is 3.82. The first kappa shape index (κ1) is 15.4. The molecule has 2 rings (SSSR count). The molecule has 110 valence electrons. The maximum absolute atomic E-state index is 12.3. The molecule has 1 N–H and O–H groups in total. The van der Waals surface area contributed by atoms with Crippen molar-refractivity contribution in [1.29, 1.82) is 0 Å². The van der Waals surface area contributed by atoms with Gasteiger partial charge in [0.15, 0.2) is 6.10 Å². The molecule has 0 radical (unpaired) electrons. The average Bonchev–Trinajstić information content (AvgIpc) is 2.48. The molecule has 0 aliphatic rings. The quantitative estimate of drug-likeness (QED) is 0.886. The number of hydrogen-bond acceptors (Lipinski definition) is 2. The van der Waals surface area contributed by atoms with Gasteiger partial charge in [-0.1, -0.05) is 36.7 Å². The second-order valence-corrected chi connectivity index (χ2v) is 5.21. The number of ether oxygens (including phenoxy) is 1. The number of benzene rings is 2. The Labute approximate surface area is 129 Å². The zero-order valence-electron chi connectivity index (χ0n) is 12.1. The van der Waals surface area contributed by atoms with Gasteiger partial charge in [0, 0.05) is 10.7 Å². The van der Waals surface area contributed by atoms with Crippen LogP contribution in [0.4, 0.5) is 5.69 Å². The molecule has 0 bridgehead atoms. The molecule has 21 heavy (non-hydrogen) atoms. The Morgan fingerprint density at radius 2 is 1.95 bits per heavy atom. The Kier molecular flexibility index (Phi) is 5.23. The molecule has 0 aliphatic heterocycles. The Hall–Kier alpha value is -2.00. The van der Waals surface area contributed by atoms with Crippen molar-refractivity contribution in [3.8, 4) is 5.75 Å². The summed E-state index contributed by atoms with van der Waals surface area (Å²) in [4.78, 5) is 12.3. The maximum atomic E-state index is 12.3. The molecular formula is C17H18ClNO2. The second-order valence-electron chi connectivity index (χ2n) is 4.78. The van der Waals surface area contributed by atoms with Gasteiger partial charge in [-0.2, -0.15) is 0 Å². The summed E-state index contributed by atoms with van der Waals surface area (Å²) >= 11 is 5.91. The van der Waals surface area contributed by atoms with Crippen LogP contribution in [0, 0.1) is 6.92 Å². The Balaban J connectivity index is 2.06. The van der Waals surface area contributed by atoms with Crippen molar-refractivity contribution >= 4 is 23.2 Å². The Morgan fingerprint density at radius 3 is 2.57 bits per heavy atom. The van der Waals surface area contributed by atoms with E-state index in [1.807, 2.05) is 50.2 Å². The molecule has 0 spiro atoms. The summed E-state index contributed by atoms with van der Waals surface area (Å²) in [6, 6.07) is 14.7. The summed E-state index contributed by atoms with van der Waals surface area (Å²) in [5, 5.41) is 3.54. The van der Waals surface area contributed by atoms with E-state index in [9.17, 15) is 4.79 Å². The molecule has 2 aromatic carbocycles. The molecule has 0 aromatic heterocycles. The predicted octanol–water partition coefficient (Wildman–Crippen LogP) is 4.44. The number of carbonyl (C=O) groups excluding carboxylic acids is 1. The normalized spacial score (nSPS) is 11.8. The molecule has 1 amide bonds. The number of nitrogens with one attached hydrogen (secondary N) is 1. The number of para-hydroxylation sites is 1. The van der Waals surface area contributed by atoms with E-state index in [1.165, 1.54) is 0 Å². The van der Waals surface area contributed by atoms with E-state index in [4.69, 9.17) is 16.3 Å². The van der Waals surface area contributed by atoms with Crippen LogP contribution >= 0.6 is 11.6 Å². The number of anilines is 1. The molecule has 0 saturated carbocycles. The van der Waals surface area contributed by atoms with Crippen molar-refractivity contribution in [2.75, 3.05) is 5.32 Å². The molecule has 4 heteroatoms. The van der Waals surface area contributed by atoms with Crippen molar-refractivity contribution in [3.63, 3.8) is 0 Å². The lowest BCUT2D eigenvalue weighted by Gasteiger charge is -2.18. The van der Waals surface area contributed by atoms with Gasteiger partial charge in [0.05, 0.1) is 0 Å². The summed E-state index contributed by atoms with van der Waals surface area (Å²) in [7, 11) is 0. The third-order valence-electron chi connectivity index (χ3n) is 3.13. The summed E-state index contributed by atoms with van der Waals surface area (Å²) < 4.78 is 5.72. The lowest BCUT2D eigenvalue weighted by Crippen LogP contribution is -2.32. The van der Waals surface area contributed by atoms with Crippen molar-refractivity contribution in [1.82, 2.24) is 0 Å². The van der Waals surface area contributed by atoms with Gasteiger partial charge in [0.25, 0.3) is 5.91 Å². The zero-order chi connectivity index (χ0) is 15.2. The average molecular weight is 304 g/mol. The molecule has 0 saturated heterocycles. The number of amides is 1. The first-order valence-electron chi connectivity index (χ1n) is 6.89. The standard InChI is InChI=1S/C17H18ClNO2/c1-3-16(21-14-7-5-4-6-8-14)17(20)19-15-10-9-13(18)11-12(15)2/h4-11,16H,3H2,1-2H3,(H,19,20)/t16-/m0/s1. The van der Waals surface area contributed by atoms with Crippen LogP contribution in [0.15, 0.2) is 48.5 Å². The highest BCUT2D eigenvalue weighted by molar-refractivity contribution is 6.30. The minimum atomic E-state index is -0.525. The van der Waals surface area contributed by atoms with Gasteiger partial charge in [0.1, 0.15) is 5.75 Å². The van der Waals surface area contributed by atoms with E-state index in [0.29, 0.717) is 17.2 Å². The number of rotatable bonds is 5. The fourth-order valence-electron chi connectivity index (χ4n) is 1.97. The van der Waals surface area contributed by atoms with Gasteiger partial charge < -0.3 is 10.1 Å². The molecule has 1 atom stereocenters. The van der Waals surface area contributed by atoms with Crippen LogP contribution in [-0.2, 0) is 4.79 Å². The van der Waals surface area contributed by atoms with Crippen LogP contribution in [0.3, 0.4) is 0 Å². The Morgan fingerprint density at radius 1 is 1.24 bits per heavy atom. The summed E-state index contributed by atoms with van der Waals surface area (Å²) in [5.41, 5.74) is 1.67. The fourth-order valence-corrected chi connectivity index (χ4v) is 2.19. The van der Waals surface area contributed by atoms with Crippen LogP contribution in [0.2, 0.25) is 5.02 Å². The topological polar surface area (TPSA) is 38.3 Å². The van der Waals surface area contributed by atoms with E-state index in [2.05, 4.69) is 5.32 Å². The molecule has 3 nitrogen and oxygen atoms in total. The molecule has 0 aliphatic carbocycles. The highest BCUT2D eigenvalue weighted by Gasteiger charge is 2.19. The minimum absolute atomic E-state index is 0.160. The van der Waals surface area contributed by atoms with Crippen molar-refractivity contribution < 1.29 is 9.53 Å². The first-order valence-corrected chi connectivity index (χ1v) is 7.26. The maximum Gasteiger partial charge on any atom is 0.265 e. The van der Waals surface area contributed by atoms with Gasteiger partial charge in [-0.25, -0.2) is 0 Å². The summed E-state index contributed by atoms with van der Waals surface area (Å²) in [5.74, 6) is 0.527. The van der Waals surface area contributed by atoms with Crippen molar-refractivity contribution in [2.45, 2.75) is 26.4 Å². The summed E-state index contributed by atoms with van der Waals surface area (Å²) in [6.07, 6.45) is 0.0652. The van der Waals surface area contributed by atoms with Crippen LogP contribution in [0.1, 0.15) is 18.9 Å². The minimum Gasteiger partial charge on any atom is -0.481 e. The molecule has 0 unspecified atom stereocenters. The van der Waals surface area contributed by atoms with Crippen molar-refractivity contribution in [3.05, 3.63) is 59.1 Å². The number of carbonyl (C=O) groups is 1. The molecular weight excluding hydrogens is 286 g/mol. The predicted molar refractivity (Wildman–Crippen MR) is 86.0 cm³/mol. The van der Waals surface area contributed by atoms with E-state index in [1.54, 1.807) is 12.1 Å². The fraction of sp³-hybridized carbons (Fsp3) is 0.235. The second kappa shape index (κ2) is 7.14. The van der Waals surface area contributed by atoms with Crippen LogP contribution < -0.4 is 10.1 Å². The van der Waals surface area contributed by atoms with E-state index in [0.717, 1.165) is 11.3 Å². The van der Waals surface area contributed by atoms with E-state index >= 15 is 0 Å². The SMILES string of the molecule is CC[C@H](Oc1ccccc1)C(=O)Nc1ccc(Cl)cc1C. The number of aryl methyl sites for hydroxylation is 1. The molecule has 2 aromatic rings. The number of halogens is 1. The first-order chi connectivity index (χ1) is 10.1. The highest BCUT2D eigenvalue weighted by atomic mass is 35.5. The van der Waals surface area contributed by atoms with Gasteiger partial charge in [0.2, 0.25) is 0 Å². The van der Waals surface area contributed by atoms with Gasteiger partial charge in [-0.3, -0.25) is 4.79 Å². The van der Waals surface area contributed by atoms with E-state index < -0.39 is 6.10 Å². The largest absolute Gasteiger partial charge is 0.481 e.